The number of pyridine rings is 1. The van der Waals surface area contributed by atoms with Crippen molar-refractivity contribution in [2.24, 2.45) is 0 Å². The van der Waals surface area contributed by atoms with E-state index in [1.165, 1.54) is 0 Å². The van der Waals surface area contributed by atoms with Crippen molar-refractivity contribution in [2.75, 3.05) is 25.0 Å². The quantitative estimate of drug-likeness (QED) is 0.720. The van der Waals surface area contributed by atoms with Crippen LogP contribution in [0.2, 0.25) is 0 Å². The number of rotatable bonds is 4. The molecule has 3 aromatic rings. The molecule has 148 valence electrons. The molecule has 1 saturated heterocycles. The van der Waals surface area contributed by atoms with Gasteiger partial charge in [-0.3, -0.25) is 9.67 Å². The van der Waals surface area contributed by atoms with Crippen LogP contribution < -0.4 is 10.6 Å². The molecule has 0 saturated carbocycles. The summed E-state index contributed by atoms with van der Waals surface area (Å²) >= 11 is 0. The smallest absolute Gasteiger partial charge is 0.155 e. The SMILES string of the molecule is CC(C)(C)n1cc(-c2cc3nccnc3c(NCC3(F)CCCNC3)n2)cn1. The highest BCUT2D eigenvalue weighted by atomic mass is 19.1. The first kappa shape index (κ1) is 18.7. The fraction of sp³-hybridized carbons (Fsp3) is 0.500. The Balaban J connectivity index is 1.68. The van der Waals surface area contributed by atoms with Gasteiger partial charge in [0.05, 0.1) is 29.5 Å². The van der Waals surface area contributed by atoms with E-state index in [9.17, 15) is 0 Å². The number of fused-ring (bicyclic) bond motifs is 1. The number of aromatic nitrogens is 5. The molecule has 0 aromatic carbocycles. The molecule has 4 rings (SSSR count). The van der Waals surface area contributed by atoms with Crippen LogP contribution in [0.15, 0.2) is 30.9 Å². The Morgan fingerprint density at radius 2 is 2.11 bits per heavy atom. The number of halogens is 1. The van der Waals surface area contributed by atoms with Crippen molar-refractivity contribution in [2.45, 2.75) is 44.8 Å². The molecular weight excluding hydrogens is 357 g/mol. The predicted octanol–water partition coefficient (Wildman–Crippen LogP) is 3.15. The standard InChI is InChI=1S/C20H26FN7/c1-19(2,3)28-11-14(10-26-28)15-9-16-17(24-8-7-23-16)18(27-15)25-13-20(21)5-4-6-22-12-20/h7-11,22H,4-6,12-13H2,1-3H3,(H,25,27). The highest BCUT2D eigenvalue weighted by Gasteiger charge is 2.31. The van der Waals surface area contributed by atoms with Gasteiger partial charge in [-0.2, -0.15) is 5.10 Å². The summed E-state index contributed by atoms with van der Waals surface area (Å²) in [5.74, 6) is 0.548. The predicted molar refractivity (Wildman–Crippen MR) is 108 cm³/mol. The van der Waals surface area contributed by atoms with E-state index < -0.39 is 5.67 Å². The second-order valence-electron chi connectivity index (χ2n) is 8.41. The van der Waals surface area contributed by atoms with Crippen LogP contribution in [0.1, 0.15) is 33.6 Å². The molecule has 1 aliphatic rings. The first-order chi connectivity index (χ1) is 13.3. The van der Waals surface area contributed by atoms with Crippen LogP contribution in [0.5, 0.6) is 0 Å². The highest BCUT2D eigenvalue weighted by molar-refractivity contribution is 5.88. The summed E-state index contributed by atoms with van der Waals surface area (Å²) in [4.78, 5) is 13.5. The van der Waals surface area contributed by atoms with Crippen LogP contribution in [0.25, 0.3) is 22.3 Å². The molecule has 1 aliphatic heterocycles. The Hall–Kier alpha value is -2.61. The number of nitrogens with one attached hydrogen (secondary N) is 2. The van der Waals surface area contributed by atoms with Crippen molar-refractivity contribution in [3.63, 3.8) is 0 Å². The van der Waals surface area contributed by atoms with Crippen LogP contribution >= 0.6 is 0 Å². The fourth-order valence-electron chi connectivity index (χ4n) is 3.39. The van der Waals surface area contributed by atoms with Gasteiger partial charge >= 0.3 is 0 Å². The third-order valence-electron chi connectivity index (χ3n) is 5.02. The minimum atomic E-state index is -1.29. The van der Waals surface area contributed by atoms with Gasteiger partial charge in [0.25, 0.3) is 0 Å². The van der Waals surface area contributed by atoms with Gasteiger partial charge in [-0.15, -0.1) is 0 Å². The minimum Gasteiger partial charge on any atom is -0.365 e. The van der Waals surface area contributed by atoms with Crippen molar-refractivity contribution in [3.05, 3.63) is 30.9 Å². The normalized spacial score (nSPS) is 20.4. The molecule has 1 atom stereocenters. The zero-order valence-electron chi connectivity index (χ0n) is 16.5. The largest absolute Gasteiger partial charge is 0.365 e. The van der Waals surface area contributed by atoms with Crippen LogP contribution in [0, 0.1) is 0 Å². The topological polar surface area (TPSA) is 80.5 Å². The van der Waals surface area contributed by atoms with Gasteiger partial charge in [0, 0.05) is 30.7 Å². The van der Waals surface area contributed by atoms with Gasteiger partial charge in [-0.1, -0.05) is 0 Å². The zero-order chi connectivity index (χ0) is 19.8. The van der Waals surface area contributed by atoms with Crippen molar-refractivity contribution >= 4 is 16.9 Å². The molecule has 0 aliphatic carbocycles. The monoisotopic (exact) mass is 383 g/mol. The molecular formula is C20H26FN7. The molecule has 28 heavy (non-hydrogen) atoms. The van der Waals surface area contributed by atoms with E-state index >= 15 is 4.39 Å². The average Bonchev–Trinajstić information content (AvgIpc) is 3.17. The summed E-state index contributed by atoms with van der Waals surface area (Å²) in [7, 11) is 0. The van der Waals surface area contributed by atoms with E-state index in [0.717, 1.165) is 24.2 Å². The number of nitrogens with zero attached hydrogens (tertiary/aromatic N) is 5. The summed E-state index contributed by atoms with van der Waals surface area (Å²) < 4.78 is 16.9. The lowest BCUT2D eigenvalue weighted by molar-refractivity contribution is 0.137. The second-order valence-corrected chi connectivity index (χ2v) is 8.41. The van der Waals surface area contributed by atoms with E-state index in [1.807, 2.05) is 16.9 Å². The summed E-state index contributed by atoms with van der Waals surface area (Å²) in [5, 5.41) is 10.8. The van der Waals surface area contributed by atoms with E-state index in [4.69, 9.17) is 4.98 Å². The number of hydrogen-bond acceptors (Lipinski definition) is 6. The van der Waals surface area contributed by atoms with Crippen LogP contribution in [-0.2, 0) is 5.54 Å². The van der Waals surface area contributed by atoms with Crippen molar-refractivity contribution in [1.29, 1.82) is 0 Å². The molecule has 0 bridgehead atoms. The molecule has 2 N–H and O–H groups in total. The molecule has 0 radical (unpaired) electrons. The average molecular weight is 383 g/mol. The number of hydrogen-bond donors (Lipinski definition) is 2. The van der Waals surface area contributed by atoms with Crippen molar-refractivity contribution in [3.8, 4) is 11.3 Å². The fourth-order valence-corrected chi connectivity index (χ4v) is 3.39. The Morgan fingerprint density at radius 1 is 1.29 bits per heavy atom. The zero-order valence-corrected chi connectivity index (χ0v) is 16.5. The molecule has 0 spiro atoms. The van der Waals surface area contributed by atoms with E-state index in [1.54, 1.807) is 18.6 Å². The Kier molecular flexibility index (Phi) is 4.74. The molecule has 1 unspecified atom stereocenters. The lowest BCUT2D eigenvalue weighted by Gasteiger charge is -2.30. The highest BCUT2D eigenvalue weighted by Crippen LogP contribution is 2.28. The van der Waals surface area contributed by atoms with E-state index in [2.05, 4.69) is 46.5 Å². The van der Waals surface area contributed by atoms with Gasteiger partial charge in [-0.25, -0.2) is 14.4 Å². The van der Waals surface area contributed by atoms with Crippen LogP contribution in [-0.4, -0.2) is 50.0 Å². The molecule has 0 amide bonds. The first-order valence-electron chi connectivity index (χ1n) is 9.65. The Bertz CT molecular complexity index is 970. The molecule has 4 heterocycles. The maximum atomic E-state index is 15.0. The Labute approximate surface area is 163 Å². The molecule has 8 heteroatoms. The molecule has 7 nitrogen and oxygen atoms in total. The van der Waals surface area contributed by atoms with Crippen LogP contribution in [0.3, 0.4) is 0 Å². The maximum Gasteiger partial charge on any atom is 0.155 e. The number of anilines is 1. The van der Waals surface area contributed by atoms with Gasteiger partial charge in [0.15, 0.2) is 5.82 Å². The van der Waals surface area contributed by atoms with E-state index in [-0.39, 0.29) is 12.1 Å². The van der Waals surface area contributed by atoms with Crippen molar-refractivity contribution in [1.82, 2.24) is 30.0 Å². The van der Waals surface area contributed by atoms with Gasteiger partial charge in [0.2, 0.25) is 0 Å². The third kappa shape index (κ3) is 3.82. The first-order valence-corrected chi connectivity index (χ1v) is 9.65. The third-order valence-corrected chi connectivity index (χ3v) is 5.02. The van der Waals surface area contributed by atoms with Gasteiger partial charge in [0.1, 0.15) is 11.2 Å². The second kappa shape index (κ2) is 7.09. The van der Waals surface area contributed by atoms with E-state index in [0.29, 0.717) is 29.8 Å². The van der Waals surface area contributed by atoms with Crippen molar-refractivity contribution < 1.29 is 4.39 Å². The van der Waals surface area contributed by atoms with Gasteiger partial charge in [-0.05, 0) is 46.2 Å². The van der Waals surface area contributed by atoms with Crippen LogP contribution in [0.4, 0.5) is 10.2 Å². The minimum absolute atomic E-state index is 0.120. The maximum absolute atomic E-state index is 15.0. The molecule has 1 fully saturated rings. The lowest BCUT2D eigenvalue weighted by Crippen LogP contribution is -2.46. The Morgan fingerprint density at radius 3 is 2.82 bits per heavy atom. The molecule has 3 aromatic heterocycles. The summed E-state index contributed by atoms with van der Waals surface area (Å²) in [6.45, 7) is 7.68. The lowest BCUT2D eigenvalue weighted by atomic mass is 9.96. The summed E-state index contributed by atoms with van der Waals surface area (Å²) in [6.07, 6.45) is 8.40. The van der Waals surface area contributed by atoms with Gasteiger partial charge < -0.3 is 10.6 Å². The number of alkyl halides is 1. The summed E-state index contributed by atoms with van der Waals surface area (Å²) in [5.41, 5.74) is 1.57. The summed E-state index contributed by atoms with van der Waals surface area (Å²) in [6, 6.07) is 1.89. The number of piperidine rings is 1.